The number of aryl methyl sites for hydroxylation is 2. The monoisotopic (exact) mass is 819 g/mol. The van der Waals surface area contributed by atoms with Crippen LogP contribution in [0.3, 0.4) is 0 Å². The van der Waals surface area contributed by atoms with Gasteiger partial charge in [-0.15, -0.1) is 0 Å². The van der Waals surface area contributed by atoms with Gasteiger partial charge in [0.1, 0.15) is 11.4 Å². The van der Waals surface area contributed by atoms with Crippen molar-refractivity contribution in [3.63, 3.8) is 0 Å². The van der Waals surface area contributed by atoms with Crippen LogP contribution in [0.2, 0.25) is 0 Å². The van der Waals surface area contributed by atoms with E-state index in [4.69, 9.17) is 28.0 Å². The molecule has 3 aromatic carbocycles. The van der Waals surface area contributed by atoms with Gasteiger partial charge in [-0.2, -0.15) is 9.97 Å². The first-order valence-electron chi connectivity index (χ1n) is 20.3. The van der Waals surface area contributed by atoms with Crippen LogP contribution in [0, 0.1) is 0 Å². The molecular weight excluding hydrogens is 779 g/mol. The summed E-state index contributed by atoms with van der Waals surface area (Å²) in [7, 11) is 3.16. The Morgan fingerprint density at radius 1 is 0.705 bits per heavy atom. The van der Waals surface area contributed by atoms with Crippen molar-refractivity contribution in [3.8, 4) is 63.1 Å². The van der Waals surface area contributed by atoms with Gasteiger partial charge >= 0.3 is 11.9 Å². The summed E-state index contributed by atoms with van der Waals surface area (Å²) in [6, 6.07) is 21.0. The van der Waals surface area contributed by atoms with Crippen LogP contribution in [0.1, 0.15) is 73.9 Å². The average Bonchev–Trinajstić information content (AvgIpc) is 4.13. The molecule has 5 heterocycles. The molecule has 0 fully saturated rings. The third-order valence-corrected chi connectivity index (χ3v) is 11.6. The molecule has 8 aromatic rings. The lowest BCUT2D eigenvalue weighted by atomic mass is 10.0. The molecule has 15 heteroatoms. The van der Waals surface area contributed by atoms with Crippen molar-refractivity contribution < 1.29 is 37.6 Å². The molecule has 5 aromatic heterocycles. The third-order valence-electron chi connectivity index (χ3n) is 11.6. The van der Waals surface area contributed by atoms with Crippen molar-refractivity contribution in [3.05, 3.63) is 95.4 Å². The first-order valence-corrected chi connectivity index (χ1v) is 20.3. The van der Waals surface area contributed by atoms with Gasteiger partial charge in [0.2, 0.25) is 11.6 Å². The summed E-state index contributed by atoms with van der Waals surface area (Å²) in [5.41, 5.74) is 9.04. The summed E-state index contributed by atoms with van der Waals surface area (Å²) in [5.74, 6) is 2.18. The molecule has 2 unspecified atom stereocenters. The zero-order chi connectivity index (χ0) is 41.8. The zero-order valence-electron chi connectivity index (χ0n) is 33.9. The molecular formula is C46H41N7O8. The lowest BCUT2D eigenvalue weighted by Gasteiger charge is -2.11. The van der Waals surface area contributed by atoms with Crippen LogP contribution in [0.25, 0.3) is 67.6 Å². The molecule has 2 aliphatic rings. The number of H-pyrrole nitrogens is 2. The number of methoxy groups -OCH3 is 2. The van der Waals surface area contributed by atoms with E-state index in [-0.39, 0.29) is 30.8 Å². The molecule has 61 heavy (non-hydrogen) atoms. The normalized spacial score (nSPS) is 15.7. The summed E-state index contributed by atoms with van der Waals surface area (Å²) < 4.78 is 33.1. The second kappa shape index (κ2) is 15.4. The average molecular weight is 820 g/mol. The highest BCUT2D eigenvalue weighted by Gasteiger charge is 2.33. The van der Waals surface area contributed by atoms with Gasteiger partial charge in [-0.25, -0.2) is 4.98 Å². The Kier molecular flexibility index (Phi) is 9.57. The minimum absolute atomic E-state index is 0.0433. The Morgan fingerprint density at radius 3 is 1.84 bits per heavy atom. The van der Waals surface area contributed by atoms with Crippen molar-refractivity contribution in [2.45, 2.75) is 70.3 Å². The van der Waals surface area contributed by atoms with Crippen LogP contribution < -0.4 is 14.2 Å². The number of esters is 2. The zero-order valence-corrected chi connectivity index (χ0v) is 33.9. The van der Waals surface area contributed by atoms with Crippen LogP contribution in [0.4, 0.5) is 0 Å². The number of ether oxygens (including phenoxy) is 4. The van der Waals surface area contributed by atoms with Gasteiger partial charge in [-0.05, 0) is 117 Å². The Balaban J connectivity index is 0.777. The molecule has 0 radical (unpaired) electrons. The predicted octanol–water partition coefficient (Wildman–Crippen LogP) is 8.89. The van der Waals surface area contributed by atoms with Gasteiger partial charge < -0.3 is 38.0 Å². The molecule has 2 N–H and O–H groups in total. The van der Waals surface area contributed by atoms with Crippen molar-refractivity contribution in [1.29, 1.82) is 0 Å². The third kappa shape index (κ3) is 7.15. The van der Waals surface area contributed by atoms with E-state index >= 15 is 0 Å². The molecule has 0 saturated heterocycles. The van der Waals surface area contributed by atoms with Gasteiger partial charge in [0, 0.05) is 61.7 Å². The lowest BCUT2D eigenvalue weighted by molar-refractivity contribution is -0.160. The number of aromatic amines is 2. The number of hydrogen-bond acceptors (Lipinski definition) is 13. The van der Waals surface area contributed by atoms with Gasteiger partial charge in [0.25, 0.3) is 11.8 Å². The van der Waals surface area contributed by atoms with Gasteiger partial charge in [0.15, 0.2) is 11.5 Å². The van der Waals surface area contributed by atoms with E-state index in [0.717, 1.165) is 81.1 Å². The number of rotatable bonds is 12. The van der Waals surface area contributed by atoms with Crippen molar-refractivity contribution >= 4 is 33.7 Å². The van der Waals surface area contributed by atoms with Crippen LogP contribution in [-0.2, 0) is 27.2 Å². The fourth-order valence-electron chi connectivity index (χ4n) is 8.72. The van der Waals surface area contributed by atoms with E-state index < -0.39 is 11.9 Å². The van der Waals surface area contributed by atoms with Crippen LogP contribution in [0.5, 0.6) is 17.2 Å². The maximum absolute atomic E-state index is 13.2. The Labute approximate surface area is 348 Å². The fourth-order valence-corrected chi connectivity index (χ4v) is 8.72. The summed E-state index contributed by atoms with van der Waals surface area (Å²) in [5, 5.41) is 10.5. The molecule has 0 amide bonds. The number of pyridine rings is 1. The van der Waals surface area contributed by atoms with Crippen LogP contribution in [-0.4, -0.2) is 67.5 Å². The van der Waals surface area contributed by atoms with Crippen molar-refractivity contribution in [2.24, 2.45) is 0 Å². The number of carbonyl (C=O) groups excluding carboxylic acids is 2. The number of carbonyl (C=O) groups is 2. The molecule has 2 atom stereocenters. The summed E-state index contributed by atoms with van der Waals surface area (Å²) in [6.07, 6.45) is 5.00. The van der Waals surface area contributed by atoms with Gasteiger partial charge in [0.05, 0.1) is 39.4 Å². The minimum Gasteiger partial charge on any atom is -0.493 e. The standard InChI is InChI=1S/C46H41N7O8/c1-23(2)58-29-10-15-36(47-22-29)46-51-44(53-61-46)27-8-14-35-33(18-27)31-12-6-25(42(31)49-35)21-40(55)59-39(54)20-24-5-11-30-32-17-26(7-13-34(32)48-41(24)30)43-50-45(60-52-43)28-9-16-37(56-3)38(19-28)57-4/h7-10,13-19,22-25,48-49H,5-6,11-12,20-21H2,1-4H3. The molecule has 0 bridgehead atoms. The fraction of sp³-hybridized carbons (Fsp3) is 0.283. The molecule has 10 rings (SSSR count). The lowest BCUT2D eigenvalue weighted by Crippen LogP contribution is -2.16. The number of hydrogen-bond donors (Lipinski definition) is 2. The molecule has 0 aliphatic heterocycles. The van der Waals surface area contributed by atoms with E-state index in [1.165, 1.54) is 0 Å². The maximum Gasteiger partial charge on any atom is 0.314 e. The first kappa shape index (κ1) is 37.9. The predicted molar refractivity (Wildman–Crippen MR) is 223 cm³/mol. The summed E-state index contributed by atoms with van der Waals surface area (Å²) >= 11 is 0. The molecule has 0 spiro atoms. The number of benzene rings is 3. The Morgan fingerprint density at radius 2 is 1.28 bits per heavy atom. The Hall–Kier alpha value is -7.29. The number of aromatic nitrogens is 7. The largest absolute Gasteiger partial charge is 0.493 e. The highest BCUT2D eigenvalue weighted by Crippen LogP contribution is 2.43. The topological polar surface area (TPSA) is 193 Å². The molecule has 0 saturated carbocycles. The summed E-state index contributed by atoms with van der Waals surface area (Å²) in [4.78, 5) is 47.1. The number of fused-ring (bicyclic) bond motifs is 6. The number of nitrogens with zero attached hydrogens (tertiary/aromatic N) is 5. The van der Waals surface area contributed by atoms with Crippen LogP contribution >= 0.6 is 0 Å². The second-order valence-electron chi connectivity index (χ2n) is 15.7. The van der Waals surface area contributed by atoms with E-state index in [1.807, 2.05) is 62.4 Å². The second-order valence-corrected chi connectivity index (χ2v) is 15.7. The maximum atomic E-state index is 13.2. The quantitative estimate of drug-likeness (QED) is 0.0878. The highest BCUT2D eigenvalue weighted by molar-refractivity contribution is 5.92. The van der Waals surface area contributed by atoms with Gasteiger partial charge in [-0.1, -0.05) is 10.3 Å². The highest BCUT2D eigenvalue weighted by atomic mass is 16.6. The number of nitrogens with one attached hydrogen (secondary N) is 2. The smallest absolute Gasteiger partial charge is 0.314 e. The molecule has 15 nitrogen and oxygen atoms in total. The van der Waals surface area contributed by atoms with E-state index in [0.29, 0.717) is 51.9 Å². The molecule has 308 valence electrons. The summed E-state index contributed by atoms with van der Waals surface area (Å²) in [6.45, 7) is 3.91. The van der Waals surface area contributed by atoms with E-state index in [9.17, 15) is 9.59 Å². The van der Waals surface area contributed by atoms with Crippen molar-refractivity contribution in [1.82, 2.24) is 35.2 Å². The van der Waals surface area contributed by atoms with E-state index in [1.54, 1.807) is 38.6 Å². The minimum atomic E-state index is -0.522. The van der Waals surface area contributed by atoms with E-state index in [2.05, 4.69) is 35.2 Å². The van der Waals surface area contributed by atoms with Crippen molar-refractivity contribution in [2.75, 3.05) is 14.2 Å². The van der Waals surface area contributed by atoms with Gasteiger partial charge in [-0.3, -0.25) is 9.59 Å². The SMILES string of the molecule is COc1ccc(-c2nc(-c3ccc4[nH]c5c(c4c3)CCC5CC(=O)OC(=O)CC3CCc4c3[nH]c3ccc(-c5noc(-c6ccc(OC(C)C)cn6)n5)cc43)no2)cc1OC. The van der Waals surface area contributed by atoms with Crippen LogP contribution in [0.15, 0.2) is 82.0 Å². The Bertz CT molecular complexity index is 2960. The molecule has 2 aliphatic carbocycles. The first-order chi connectivity index (χ1) is 29.7.